The third-order valence-electron chi connectivity index (χ3n) is 5.69. The van der Waals surface area contributed by atoms with E-state index in [1.165, 1.54) is 12.1 Å². The van der Waals surface area contributed by atoms with Gasteiger partial charge in [0.25, 0.3) is 10.0 Å². The van der Waals surface area contributed by atoms with Crippen LogP contribution >= 0.6 is 0 Å². The molecule has 0 unspecified atom stereocenters. The van der Waals surface area contributed by atoms with Gasteiger partial charge in [-0.05, 0) is 54.4 Å². The molecular formula is C26H23FN4O4S. The number of carboxylic acid groups (broad SMARTS) is 1. The van der Waals surface area contributed by atoms with Gasteiger partial charge in [0.05, 0.1) is 34.7 Å². The first-order chi connectivity index (χ1) is 17.2. The number of anilines is 1. The van der Waals surface area contributed by atoms with Gasteiger partial charge in [0, 0.05) is 6.42 Å². The Morgan fingerprint density at radius 3 is 2.53 bits per heavy atom. The molecule has 0 saturated heterocycles. The van der Waals surface area contributed by atoms with Crippen molar-refractivity contribution in [1.29, 1.82) is 0 Å². The van der Waals surface area contributed by atoms with Crippen LogP contribution in [0.2, 0.25) is 0 Å². The van der Waals surface area contributed by atoms with E-state index in [1.54, 1.807) is 47.0 Å². The van der Waals surface area contributed by atoms with Crippen LogP contribution in [0.3, 0.4) is 0 Å². The molecule has 8 nitrogen and oxygen atoms in total. The number of hydrogen-bond donors (Lipinski definition) is 1. The smallest absolute Gasteiger partial charge is 0.323 e. The molecule has 36 heavy (non-hydrogen) atoms. The van der Waals surface area contributed by atoms with Crippen LogP contribution in [-0.4, -0.2) is 29.0 Å². The summed E-state index contributed by atoms with van der Waals surface area (Å²) in [5.74, 6) is -0.974. The largest absolute Gasteiger partial charge is 0.480 e. The van der Waals surface area contributed by atoms with Crippen LogP contribution in [0.5, 0.6) is 0 Å². The number of imidazole rings is 1. The summed E-state index contributed by atoms with van der Waals surface area (Å²) < 4.78 is 43.7. The van der Waals surface area contributed by atoms with Crippen molar-refractivity contribution >= 4 is 38.4 Å². The summed E-state index contributed by atoms with van der Waals surface area (Å²) in [6.07, 6.45) is 1.32. The van der Waals surface area contributed by atoms with Crippen molar-refractivity contribution in [2.75, 3.05) is 4.31 Å². The first kappa shape index (κ1) is 24.9. The van der Waals surface area contributed by atoms with E-state index in [0.717, 1.165) is 22.9 Å². The monoisotopic (exact) mass is 506 g/mol. The van der Waals surface area contributed by atoms with E-state index in [2.05, 4.69) is 9.83 Å². The van der Waals surface area contributed by atoms with Crippen molar-refractivity contribution in [1.82, 2.24) is 9.55 Å². The first-order valence-electron chi connectivity index (χ1n) is 11.2. The number of nitrogens with zero attached hydrogens (tertiary/aromatic N) is 4. The summed E-state index contributed by atoms with van der Waals surface area (Å²) in [6, 6.07) is 16.1. The third kappa shape index (κ3) is 4.92. The van der Waals surface area contributed by atoms with Crippen LogP contribution < -0.4 is 4.31 Å². The molecule has 4 rings (SSSR count). The second-order valence-corrected chi connectivity index (χ2v) is 10.00. The Morgan fingerprint density at radius 2 is 1.86 bits per heavy atom. The van der Waals surface area contributed by atoms with Gasteiger partial charge in [-0.15, -0.1) is 0 Å². The van der Waals surface area contributed by atoms with Gasteiger partial charge < -0.3 is 9.67 Å². The number of benzene rings is 3. The predicted molar refractivity (Wildman–Crippen MR) is 134 cm³/mol. The van der Waals surface area contributed by atoms with Gasteiger partial charge >= 0.3 is 5.97 Å². The van der Waals surface area contributed by atoms with Crippen molar-refractivity contribution in [3.05, 3.63) is 95.4 Å². The third-order valence-corrected chi connectivity index (χ3v) is 7.48. The standard InChI is InChI=1S/C26H23FN4O4S/c1-3-6-25-29-23-15-20(11-14-24(23)30(25)17-26(32)33)31(16-18-7-4-5-8-22(18)28-2)36(34,35)21-12-9-19(27)10-13-21/h4-5,7-15H,3,6,16-17H2,1H3,(H,32,33). The summed E-state index contributed by atoms with van der Waals surface area (Å²) in [6.45, 7) is 9.02. The van der Waals surface area contributed by atoms with Gasteiger partial charge in [0.1, 0.15) is 18.2 Å². The number of rotatable bonds is 9. The lowest BCUT2D eigenvalue weighted by Crippen LogP contribution is -2.30. The van der Waals surface area contributed by atoms with Crippen LogP contribution in [0.4, 0.5) is 15.8 Å². The zero-order valence-corrected chi connectivity index (χ0v) is 20.2. The zero-order chi connectivity index (χ0) is 25.9. The van der Waals surface area contributed by atoms with Crippen LogP contribution in [0.15, 0.2) is 71.6 Å². The lowest BCUT2D eigenvalue weighted by molar-refractivity contribution is -0.137. The Labute approximate surface area is 208 Å². The van der Waals surface area contributed by atoms with E-state index in [9.17, 15) is 22.7 Å². The Kier molecular flexibility index (Phi) is 7.03. The topological polar surface area (TPSA) is 96.9 Å². The molecule has 0 radical (unpaired) electrons. The minimum absolute atomic E-state index is 0.104. The number of aryl methyl sites for hydroxylation is 1. The molecule has 1 heterocycles. The fourth-order valence-electron chi connectivity index (χ4n) is 4.01. The van der Waals surface area contributed by atoms with E-state index in [1.807, 2.05) is 6.92 Å². The average molecular weight is 507 g/mol. The molecule has 184 valence electrons. The highest BCUT2D eigenvalue weighted by Gasteiger charge is 2.27. The van der Waals surface area contributed by atoms with Gasteiger partial charge in [-0.25, -0.2) is 22.6 Å². The number of carbonyl (C=O) groups is 1. The number of sulfonamides is 1. The maximum atomic E-state index is 13.7. The number of carboxylic acids is 1. The number of fused-ring (bicyclic) bond motifs is 1. The minimum Gasteiger partial charge on any atom is -0.480 e. The maximum Gasteiger partial charge on any atom is 0.323 e. The fourth-order valence-corrected chi connectivity index (χ4v) is 5.44. The molecule has 0 fully saturated rings. The van der Waals surface area contributed by atoms with Gasteiger partial charge in [0.2, 0.25) is 0 Å². The van der Waals surface area contributed by atoms with Crippen molar-refractivity contribution in [2.24, 2.45) is 0 Å². The molecule has 0 aliphatic heterocycles. The molecule has 0 aliphatic carbocycles. The Morgan fingerprint density at radius 1 is 1.14 bits per heavy atom. The minimum atomic E-state index is -4.16. The lowest BCUT2D eigenvalue weighted by Gasteiger charge is -2.25. The SMILES string of the molecule is [C-]#[N+]c1ccccc1CN(c1ccc2c(c1)nc(CCC)n2CC(=O)O)S(=O)(=O)c1ccc(F)cc1. The fraction of sp³-hybridized carbons (Fsp3) is 0.192. The zero-order valence-electron chi connectivity index (χ0n) is 19.4. The Hall–Kier alpha value is -4.23. The summed E-state index contributed by atoms with van der Waals surface area (Å²) in [7, 11) is -4.16. The summed E-state index contributed by atoms with van der Waals surface area (Å²) >= 11 is 0. The summed E-state index contributed by atoms with van der Waals surface area (Å²) in [5.41, 5.74) is 2.13. The molecule has 0 amide bonds. The lowest BCUT2D eigenvalue weighted by atomic mass is 10.1. The van der Waals surface area contributed by atoms with Crippen molar-refractivity contribution in [3.63, 3.8) is 0 Å². The van der Waals surface area contributed by atoms with Gasteiger partial charge in [-0.1, -0.05) is 31.2 Å². The van der Waals surface area contributed by atoms with E-state index < -0.39 is 21.8 Å². The molecule has 0 saturated carbocycles. The highest BCUT2D eigenvalue weighted by atomic mass is 32.2. The van der Waals surface area contributed by atoms with Gasteiger partial charge in [-0.3, -0.25) is 9.10 Å². The number of hydrogen-bond acceptors (Lipinski definition) is 4. The molecule has 3 aromatic carbocycles. The van der Waals surface area contributed by atoms with Crippen LogP contribution in [0, 0.1) is 12.4 Å². The van der Waals surface area contributed by atoms with Crippen LogP contribution in [-0.2, 0) is 34.3 Å². The van der Waals surface area contributed by atoms with E-state index in [4.69, 9.17) is 6.57 Å². The molecule has 10 heteroatoms. The van der Waals surface area contributed by atoms with Crippen LogP contribution in [0.1, 0.15) is 24.7 Å². The number of para-hydroxylation sites is 1. The van der Waals surface area contributed by atoms with Crippen molar-refractivity contribution in [3.8, 4) is 0 Å². The Bertz CT molecular complexity index is 1570. The summed E-state index contributed by atoms with van der Waals surface area (Å²) in [4.78, 5) is 19.4. The average Bonchev–Trinajstić information content (AvgIpc) is 3.18. The quantitative estimate of drug-likeness (QED) is 0.316. The second-order valence-electron chi connectivity index (χ2n) is 8.14. The summed E-state index contributed by atoms with van der Waals surface area (Å²) in [5, 5.41) is 9.36. The normalized spacial score (nSPS) is 11.4. The number of halogens is 1. The second kappa shape index (κ2) is 10.2. The molecule has 0 aliphatic rings. The van der Waals surface area contributed by atoms with Gasteiger partial charge in [0.15, 0.2) is 5.69 Å². The molecule has 0 atom stereocenters. The van der Waals surface area contributed by atoms with E-state index in [0.29, 0.717) is 34.5 Å². The highest BCUT2D eigenvalue weighted by Crippen LogP contribution is 2.32. The number of aliphatic carboxylic acids is 1. The van der Waals surface area contributed by atoms with Crippen molar-refractivity contribution < 1.29 is 22.7 Å². The van der Waals surface area contributed by atoms with E-state index >= 15 is 0 Å². The molecule has 1 N–H and O–H groups in total. The Balaban J connectivity index is 1.88. The van der Waals surface area contributed by atoms with E-state index in [-0.39, 0.29) is 23.7 Å². The first-order valence-corrected chi connectivity index (χ1v) is 12.6. The molecule has 1 aromatic heterocycles. The van der Waals surface area contributed by atoms with Crippen LogP contribution in [0.25, 0.3) is 15.9 Å². The highest BCUT2D eigenvalue weighted by molar-refractivity contribution is 7.92. The van der Waals surface area contributed by atoms with Gasteiger partial charge in [-0.2, -0.15) is 0 Å². The molecule has 4 aromatic rings. The number of aromatic nitrogens is 2. The van der Waals surface area contributed by atoms with Crippen molar-refractivity contribution in [2.45, 2.75) is 37.8 Å². The predicted octanol–water partition coefficient (Wildman–Crippen LogP) is 5.16. The molecule has 0 spiro atoms. The molecule has 0 bridgehead atoms. The molecular weight excluding hydrogens is 483 g/mol. The maximum absolute atomic E-state index is 13.7.